The Balaban J connectivity index is 1.51. The first-order valence-electron chi connectivity index (χ1n) is 9.02. The Morgan fingerprint density at radius 1 is 1.18 bits per heavy atom. The monoisotopic (exact) mass is 392 g/mol. The van der Waals surface area contributed by atoms with Crippen LogP contribution < -0.4 is 11.5 Å². The third-order valence-corrected chi connectivity index (χ3v) is 5.09. The largest absolute Gasteiger partial charge is 0.394 e. The van der Waals surface area contributed by atoms with Gasteiger partial charge in [0, 0.05) is 25.5 Å². The van der Waals surface area contributed by atoms with Crippen LogP contribution in [0.4, 0.5) is 5.82 Å². The van der Waals surface area contributed by atoms with Crippen LogP contribution >= 0.6 is 0 Å². The lowest BCUT2D eigenvalue weighted by atomic mass is 10.1. The highest BCUT2D eigenvalue weighted by molar-refractivity contribution is 5.83. The van der Waals surface area contributed by atoms with E-state index in [1.54, 1.807) is 17.4 Å². The maximum atomic E-state index is 10.3. The van der Waals surface area contributed by atoms with E-state index in [1.165, 1.54) is 10.9 Å². The number of ether oxygens (including phenoxy) is 1. The van der Waals surface area contributed by atoms with E-state index in [9.17, 15) is 15.3 Å². The molecule has 2 aliphatic rings. The van der Waals surface area contributed by atoms with Crippen molar-refractivity contribution in [2.24, 2.45) is 16.5 Å². The molecule has 4 heterocycles. The molecule has 2 aromatic rings. The number of nitrogens with two attached hydrogens (primary N) is 2. The maximum Gasteiger partial charge on any atom is 0.199 e. The SMILES string of the molecule is NC1=Nc2c(ncn2[C@@H]2O[C@H](CO)C(O)C2O)C(N)N1CCCn1ccnc1. The zero-order valence-electron chi connectivity index (χ0n) is 15.1. The second-order valence-corrected chi connectivity index (χ2v) is 6.85. The summed E-state index contributed by atoms with van der Waals surface area (Å²) in [5.41, 5.74) is 13.0. The van der Waals surface area contributed by atoms with Crippen molar-refractivity contribution in [3.63, 3.8) is 0 Å². The molecular weight excluding hydrogens is 368 g/mol. The third kappa shape index (κ3) is 3.14. The van der Waals surface area contributed by atoms with E-state index in [0.29, 0.717) is 18.1 Å². The Morgan fingerprint density at radius 2 is 2.00 bits per heavy atom. The van der Waals surface area contributed by atoms with Crippen molar-refractivity contribution in [2.75, 3.05) is 13.2 Å². The van der Waals surface area contributed by atoms with Gasteiger partial charge in [-0.25, -0.2) is 9.97 Å². The minimum atomic E-state index is -1.24. The van der Waals surface area contributed by atoms with E-state index in [4.69, 9.17) is 16.2 Å². The number of guanidine groups is 1. The van der Waals surface area contributed by atoms with Gasteiger partial charge >= 0.3 is 0 Å². The van der Waals surface area contributed by atoms with Crippen LogP contribution in [-0.4, -0.2) is 76.7 Å². The highest BCUT2D eigenvalue weighted by atomic mass is 16.6. The van der Waals surface area contributed by atoms with Crippen molar-refractivity contribution in [3.8, 4) is 0 Å². The molecule has 0 aromatic carbocycles. The number of imidazole rings is 2. The van der Waals surface area contributed by atoms with Gasteiger partial charge in [0.25, 0.3) is 0 Å². The Kier molecular flexibility index (Phi) is 5.03. The summed E-state index contributed by atoms with van der Waals surface area (Å²) in [5, 5.41) is 29.5. The number of aliphatic hydroxyl groups excluding tert-OH is 3. The molecule has 0 amide bonds. The summed E-state index contributed by atoms with van der Waals surface area (Å²) in [7, 11) is 0. The lowest BCUT2D eigenvalue weighted by Crippen LogP contribution is -2.46. The third-order valence-electron chi connectivity index (χ3n) is 5.09. The first kappa shape index (κ1) is 18.8. The van der Waals surface area contributed by atoms with Crippen molar-refractivity contribution in [3.05, 3.63) is 30.7 Å². The van der Waals surface area contributed by atoms with Crippen molar-refractivity contribution in [1.29, 1.82) is 0 Å². The summed E-state index contributed by atoms with van der Waals surface area (Å²) < 4.78 is 8.99. The topological polar surface area (TPSA) is 173 Å². The molecule has 1 fully saturated rings. The highest BCUT2D eigenvalue weighted by Crippen LogP contribution is 2.37. The maximum absolute atomic E-state index is 10.3. The van der Waals surface area contributed by atoms with Crippen molar-refractivity contribution < 1.29 is 20.1 Å². The quantitative estimate of drug-likeness (QED) is 0.372. The molecule has 2 aliphatic heterocycles. The van der Waals surface area contributed by atoms with E-state index in [0.717, 1.165) is 13.0 Å². The van der Waals surface area contributed by atoms with Crippen LogP contribution in [0.5, 0.6) is 0 Å². The first-order valence-corrected chi connectivity index (χ1v) is 9.02. The normalized spacial score (nSPS) is 29.8. The number of aromatic nitrogens is 4. The van der Waals surface area contributed by atoms with Gasteiger partial charge in [-0.1, -0.05) is 0 Å². The summed E-state index contributed by atoms with van der Waals surface area (Å²) in [6.45, 7) is 0.927. The molecule has 152 valence electrons. The number of rotatable bonds is 6. The molecule has 0 bridgehead atoms. The minimum absolute atomic E-state index is 0.235. The van der Waals surface area contributed by atoms with Crippen LogP contribution in [-0.2, 0) is 11.3 Å². The Hall–Kier alpha value is -2.51. The number of hydrogen-bond acceptors (Lipinski definition) is 10. The molecule has 1 saturated heterocycles. The van der Waals surface area contributed by atoms with Gasteiger partial charge in [0.2, 0.25) is 0 Å². The fourth-order valence-corrected chi connectivity index (χ4v) is 3.55. The zero-order valence-corrected chi connectivity index (χ0v) is 15.1. The molecule has 3 unspecified atom stereocenters. The van der Waals surface area contributed by atoms with Crippen molar-refractivity contribution in [2.45, 2.75) is 43.7 Å². The Labute approximate surface area is 160 Å². The van der Waals surface area contributed by atoms with Gasteiger partial charge in [-0.05, 0) is 6.42 Å². The molecule has 4 rings (SSSR count). The molecule has 12 nitrogen and oxygen atoms in total. The molecule has 0 aliphatic carbocycles. The molecule has 0 spiro atoms. The van der Waals surface area contributed by atoms with Crippen LogP contribution in [0.1, 0.15) is 24.5 Å². The van der Waals surface area contributed by atoms with Gasteiger partial charge in [-0.15, -0.1) is 0 Å². The van der Waals surface area contributed by atoms with Gasteiger partial charge in [0.15, 0.2) is 18.0 Å². The number of aliphatic hydroxyl groups is 3. The predicted octanol–water partition coefficient (Wildman–Crippen LogP) is -2.00. The molecule has 28 heavy (non-hydrogen) atoms. The molecule has 12 heteroatoms. The summed E-state index contributed by atoms with van der Waals surface area (Å²) in [5.74, 6) is 0.602. The van der Waals surface area contributed by atoms with E-state index in [1.807, 2.05) is 10.8 Å². The van der Waals surface area contributed by atoms with E-state index >= 15 is 0 Å². The average Bonchev–Trinajstić information content (AvgIpc) is 3.39. The van der Waals surface area contributed by atoms with Crippen LogP contribution in [0.15, 0.2) is 30.0 Å². The van der Waals surface area contributed by atoms with Crippen LogP contribution in [0.3, 0.4) is 0 Å². The summed E-state index contributed by atoms with van der Waals surface area (Å²) in [6, 6.07) is 0. The second-order valence-electron chi connectivity index (χ2n) is 6.85. The summed E-state index contributed by atoms with van der Waals surface area (Å²) in [4.78, 5) is 14.5. The van der Waals surface area contributed by atoms with Gasteiger partial charge < -0.3 is 41.0 Å². The lowest BCUT2D eigenvalue weighted by Gasteiger charge is -2.32. The van der Waals surface area contributed by atoms with Crippen molar-refractivity contribution in [1.82, 2.24) is 24.0 Å². The number of hydrogen-bond donors (Lipinski definition) is 5. The molecular formula is C16H24N8O4. The van der Waals surface area contributed by atoms with Crippen LogP contribution in [0.25, 0.3) is 0 Å². The second kappa shape index (κ2) is 7.48. The number of aliphatic imine (C=N–C) groups is 1. The molecule has 5 atom stereocenters. The zero-order chi connectivity index (χ0) is 19.8. The Morgan fingerprint density at radius 3 is 2.68 bits per heavy atom. The van der Waals surface area contributed by atoms with Crippen molar-refractivity contribution >= 4 is 11.8 Å². The highest BCUT2D eigenvalue weighted by Gasteiger charge is 2.45. The van der Waals surface area contributed by atoms with Crippen LogP contribution in [0, 0.1) is 0 Å². The van der Waals surface area contributed by atoms with E-state index < -0.39 is 37.3 Å². The fraction of sp³-hybridized carbons (Fsp3) is 0.562. The summed E-state index contributed by atoms with van der Waals surface area (Å²) in [6.07, 6.45) is 2.68. The standard InChI is InChI=1S/C16H24N8O4/c17-13-10-14(21-16(18)23(13)4-1-3-22-5-2-19-7-22)24(8-20-10)15-12(27)11(26)9(6-25)28-15/h2,5,7-9,11-13,15,25-27H,1,3-4,6,17H2,(H2,18,21)/t9-,11?,12?,13?,15-/m1/s1. The molecule has 2 aromatic heterocycles. The lowest BCUT2D eigenvalue weighted by molar-refractivity contribution is -0.0520. The molecule has 0 saturated carbocycles. The number of fused-ring (bicyclic) bond motifs is 1. The van der Waals surface area contributed by atoms with Gasteiger partial charge in [-0.2, -0.15) is 4.99 Å². The Bertz CT molecular complexity index is 838. The van der Waals surface area contributed by atoms with Crippen LogP contribution in [0.2, 0.25) is 0 Å². The van der Waals surface area contributed by atoms with E-state index in [-0.39, 0.29) is 5.96 Å². The van der Waals surface area contributed by atoms with Gasteiger partial charge in [0.1, 0.15) is 30.2 Å². The smallest absolute Gasteiger partial charge is 0.199 e. The average molecular weight is 392 g/mol. The predicted molar refractivity (Wildman–Crippen MR) is 97.0 cm³/mol. The number of aryl methyl sites for hydroxylation is 1. The fourth-order valence-electron chi connectivity index (χ4n) is 3.55. The van der Waals surface area contributed by atoms with E-state index in [2.05, 4.69) is 15.0 Å². The number of nitrogens with zero attached hydrogens (tertiary/aromatic N) is 6. The summed E-state index contributed by atoms with van der Waals surface area (Å²) >= 11 is 0. The molecule has 7 N–H and O–H groups in total. The minimum Gasteiger partial charge on any atom is -0.394 e. The first-order chi connectivity index (χ1) is 13.5. The molecule has 0 radical (unpaired) electrons. The van der Waals surface area contributed by atoms with Gasteiger partial charge in [0.05, 0.1) is 19.3 Å². The van der Waals surface area contributed by atoms with Gasteiger partial charge in [-0.3, -0.25) is 4.57 Å².